The van der Waals surface area contributed by atoms with Crippen LogP contribution in [0, 0.1) is 5.92 Å². The third-order valence-electron chi connectivity index (χ3n) is 6.15. The highest BCUT2D eigenvalue weighted by Gasteiger charge is 2.34. The van der Waals surface area contributed by atoms with Gasteiger partial charge in [0.1, 0.15) is 5.76 Å². The van der Waals surface area contributed by atoms with Crippen LogP contribution >= 0.6 is 0 Å². The normalized spacial score (nSPS) is 23.0. The van der Waals surface area contributed by atoms with Gasteiger partial charge in [0.2, 0.25) is 5.91 Å². The number of aryl methyl sites for hydroxylation is 1. The lowest BCUT2D eigenvalue weighted by molar-refractivity contribution is -0.132. The summed E-state index contributed by atoms with van der Waals surface area (Å²) in [5, 5.41) is 3.82. The van der Waals surface area contributed by atoms with Gasteiger partial charge in [-0.3, -0.25) is 4.79 Å². The lowest BCUT2D eigenvalue weighted by Gasteiger charge is -2.45. The molecule has 1 aromatic rings. The minimum atomic E-state index is 0.242. The van der Waals surface area contributed by atoms with E-state index in [0.717, 1.165) is 25.9 Å². The summed E-state index contributed by atoms with van der Waals surface area (Å²) in [7, 11) is 1.57. The van der Waals surface area contributed by atoms with E-state index in [1.54, 1.807) is 13.2 Å². The van der Waals surface area contributed by atoms with Gasteiger partial charge in [0.25, 0.3) is 5.88 Å². The van der Waals surface area contributed by atoms with Gasteiger partial charge in [0, 0.05) is 38.0 Å². The largest absolute Gasteiger partial charge is 0.479 e. The van der Waals surface area contributed by atoms with E-state index in [4.69, 9.17) is 9.26 Å². The Kier molecular flexibility index (Phi) is 7.56. The zero-order valence-electron chi connectivity index (χ0n) is 17.0. The van der Waals surface area contributed by atoms with Crippen LogP contribution in [0.3, 0.4) is 0 Å². The summed E-state index contributed by atoms with van der Waals surface area (Å²) in [6, 6.07) is 2.45. The Morgan fingerprint density at radius 2 is 2.19 bits per heavy atom. The van der Waals surface area contributed by atoms with Crippen LogP contribution in [0.15, 0.2) is 10.6 Å². The molecular weight excluding hydrogens is 342 g/mol. The second-order valence-electron chi connectivity index (χ2n) is 8.03. The molecule has 2 atom stereocenters. The number of nitrogens with zero attached hydrogens (tertiary/aromatic N) is 3. The number of methoxy groups -OCH3 is 1. The molecule has 3 heterocycles. The van der Waals surface area contributed by atoms with Crippen molar-refractivity contribution in [3.8, 4) is 5.88 Å². The predicted octanol–water partition coefficient (Wildman–Crippen LogP) is 3.51. The van der Waals surface area contributed by atoms with Gasteiger partial charge in [-0.15, -0.1) is 0 Å². The Hall–Kier alpha value is -1.56. The molecule has 152 valence electrons. The summed E-state index contributed by atoms with van der Waals surface area (Å²) in [5.41, 5.74) is 0. The molecule has 2 saturated heterocycles. The third-order valence-corrected chi connectivity index (χ3v) is 6.15. The van der Waals surface area contributed by atoms with Gasteiger partial charge in [-0.1, -0.05) is 19.8 Å². The topological polar surface area (TPSA) is 58.8 Å². The number of piperidine rings is 2. The molecule has 2 aliphatic heterocycles. The molecule has 2 aliphatic rings. The summed E-state index contributed by atoms with van der Waals surface area (Å²) < 4.78 is 10.3. The van der Waals surface area contributed by atoms with Gasteiger partial charge in [-0.05, 0) is 56.3 Å². The number of carbonyl (C=O) groups is 1. The summed E-state index contributed by atoms with van der Waals surface area (Å²) in [4.78, 5) is 17.8. The average Bonchev–Trinajstić information content (AvgIpc) is 3.17. The molecule has 0 spiro atoms. The number of amides is 1. The molecule has 2 fully saturated rings. The van der Waals surface area contributed by atoms with E-state index in [9.17, 15) is 4.79 Å². The van der Waals surface area contributed by atoms with Gasteiger partial charge in [-0.25, -0.2) is 0 Å². The molecule has 0 radical (unpaired) electrons. The first-order valence-corrected chi connectivity index (χ1v) is 10.7. The first-order valence-electron chi connectivity index (χ1n) is 10.7. The van der Waals surface area contributed by atoms with Crippen molar-refractivity contribution >= 4 is 5.91 Å². The van der Waals surface area contributed by atoms with E-state index < -0.39 is 0 Å². The molecule has 0 N–H and O–H groups in total. The van der Waals surface area contributed by atoms with Gasteiger partial charge in [-0.2, -0.15) is 0 Å². The zero-order chi connectivity index (χ0) is 19.1. The summed E-state index contributed by atoms with van der Waals surface area (Å²) in [5.74, 6) is 2.06. The van der Waals surface area contributed by atoms with Crippen molar-refractivity contribution in [2.45, 2.75) is 70.8 Å². The fourth-order valence-electron chi connectivity index (χ4n) is 4.64. The molecule has 0 aromatic carbocycles. The minimum Gasteiger partial charge on any atom is -0.479 e. The van der Waals surface area contributed by atoms with Crippen molar-refractivity contribution in [2.75, 3.05) is 33.3 Å². The highest BCUT2D eigenvalue weighted by molar-refractivity contribution is 5.76. The van der Waals surface area contributed by atoms with E-state index in [0.29, 0.717) is 36.4 Å². The van der Waals surface area contributed by atoms with Crippen LogP contribution in [0.1, 0.15) is 64.1 Å². The minimum absolute atomic E-state index is 0.242. The van der Waals surface area contributed by atoms with Gasteiger partial charge in [0.15, 0.2) is 0 Å². The first-order chi connectivity index (χ1) is 13.2. The van der Waals surface area contributed by atoms with Crippen molar-refractivity contribution in [1.29, 1.82) is 0 Å². The van der Waals surface area contributed by atoms with Crippen molar-refractivity contribution < 1.29 is 14.1 Å². The summed E-state index contributed by atoms with van der Waals surface area (Å²) in [6.45, 7) is 6.47. The molecule has 1 amide bonds. The second-order valence-corrected chi connectivity index (χ2v) is 8.03. The van der Waals surface area contributed by atoms with Crippen LogP contribution in [-0.4, -0.2) is 60.2 Å². The van der Waals surface area contributed by atoms with E-state index in [1.807, 2.05) is 0 Å². The Balaban J connectivity index is 1.57. The Bertz CT molecular complexity index is 587. The zero-order valence-corrected chi connectivity index (χ0v) is 17.0. The predicted molar refractivity (Wildman–Crippen MR) is 105 cm³/mol. The molecule has 6 nitrogen and oxygen atoms in total. The Morgan fingerprint density at radius 1 is 1.33 bits per heavy atom. The highest BCUT2D eigenvalue weighted by atomic mass is 16.5. The maximum absolute atomic E-state index is 13.0. The van der Waals surface area contributed by atoms with Gasteiger partial charge < -0.3 is 19.1 Å². The average molecular weight is 378 g/mol. The molecule has 0 aliphatic carbocycles. The molecule has 27 heavy (non-hydrogen) atoms. The van der Waals surface area contributed by atoms with Crippen LogP contribution in [0.4, 0.5) is 0 Å². The van der Waals surface area contributed by atoms with Crippen LogP contribution < -0.4 is 4.74 Å². The van der Waals surface area contributed by atoms with Gasteiger partial charge in [0.05, 0.1) is 7.11 Å². The number of aromatic nitrogens is 1. The van der Waals surface area contributed by atoms with Crippen molar-refractivity contribution in [1.82, 2.24) is 15.0 Å². The molecule has 0 saturated carbocycles. The molecular formula is C21H35N3O3. The maximum atomic E-state index is 13.0. The number of hydrogen-bond donors (Lipinski definition) is 0. The molecule has 3 rings (SSSR count). The van der Waals surface area contributed by atoms with Crippen LogP contribution in [0.25, 0.3) is 0 Å². The van der Waals surface area contributed by atoms with E-state index in [-0.39, 0.29) is 5.91 Å². The highest BCUT2D eigenvalue weighted by Crippen LogP contribution is 2.31. The van der Waals surface area contributed by atoms with E-state index in [1.165, 1.54) is 45.2 Å². The van der Waals surface area contributed by atoms with Crippen molar-refractivity contribution in [2.24, 2.45) is 5.92 Å². The van der Waals surface area contributed by atoms with Crippen molar-refractivity contribution in [3.05, 3.63) is 11.8 Å². The van der Waals surface area contributed by atoms with E-state index in [2.05, 4.69) is 21.9 Å². The lowest BCUT2D eigenvalue weighted by Crippen LogP contribution is -2.51. The standard InChI is InChI=1S/C21H35N3O3/c1-3-4-12-24(21(25)11-10-18-15-20(26-2)22-27-18)16-17-8-7-14-23-13-6-5-9-19(17)23/h15,17,19H,3-14,16H2,1-2H3. The number of rotatable bonds is 9. The fraction of sp³-hybridized carbons (Fsp3) is 0.810. The van der Waals surface area contributed by atoms with Crippen LogP contribution in [-0.2, 0) is 11.2 Å². The Labute approximate surface area is 163 Å². The van der Waals surface area contributed by atoms with Crippen LogP contribution in [0.2, 0.25) is 0 Å². The molecule has 2 unspecified atom stereocenters. The van der Waals surface area contributed by atoms with E-state index >= 15 is 0 Å². The number of carbonyl (C=O) groups excluding carboxylic acids is 1. The molecule has 0 bridgehead atoms. The number of ether oxygens (including phenoxy) is 1. The first kappa shape index (κ1) is 20.2. The Morgan fingerprint density at radius 3 is 2.96 bits per heavy atom. The smallest absolute Gasteiger partial charge is 0.254 e. The fourth-order valence-corrected chi connectivity index (χ4v) is 4.64. The third kappa shape index (κ3) is 5.47. The quantitative estimate of drug-likeness (QED) is 0.659. The lowest BCUT2D eigenvalue weighted by atomic mass is 9.83. The number of unbranched alkanes of at least 4 members (excludes halogenated alkanes) is 1. The monoisotopic (exact) mass is 377 g/mol. The number of fused-ring (bicyclic) bond motifs is 1. The number of hydrogen-bond acceptors (Lipinski definition) is 5. The summed E-state index contributed by atoms with van der Waals surface area (Å²) in [6.07, 6.45) is 9.76. The summed E-state index contributed by atoms with van der Waals surface area (Å²) >= 11 is 0. The van der Waals surface area contributed by atoms with Crippen molar-refractivity contribution in [3.63, 3.8) is 0 Å². The SMILES string of the molecule is CCCCN(CC1CCCN2CCCCC12)C(=O)CCc1cc(OC)no1. The maximum Gasteiger partial charge on any atom is 0.254 e. The van der Waals surface area contributed by atoms with Crippen LogP contribution in [0.5, 0.6) is 5.88 Å². The molecule has 6 heteroatoms. The second kappa shape index (κ2) is 10.1. The van der Waals surface area contributed by atoms with Gasteiger partial charge >= 0.3 is 0 Å². The molecule has 1 aromatic heterocycles.